The van der Waals surface area contributed by atoms with E-state index in [9.17, 15) is 0 Å². The lowest BCUT2D eigenvalue weighted by atomic mass is 9.87. The Labute approximate surface area is 105 Å². The van der Waals surface area contributed by atoms with Gasteiger partial charge in [0.05, 0.1) is 6.04 Å². The number of aromatic nitrogens is 1. The lowest BCUT2D eigenvalue weighted by Crippen LogP contribution is -2.33. The lowest BCUT2D eigenvalue weighted by molar-refractivity contribution is 0.326. The number of hydrazine groups is 1. The molecule has 3 N–H and O–H groups in total. The summed E-state index contributed by atoms with van der Waals surface area (Å²) in [4.78, 5) is 4.25. The Kier molecular flexibility index (Phi) is 6.16. The highest BCUT2D eigenvalue weighted by Crippen LogP contribution is 2.28. The predicted octanol–water partition coefficient (Wildman–Crippen LogP) is 3.11. The molecule has 1 heterocycles. The van der Waals surface area contributed by atoms with E-state index in [1.54, 1.807) is 0 Å². The van der Waals surface area contributed by atoms with E-state index in [0.717, 1.165) is 6.42 Å². The zero-order valence-electron chi connectivity index (χ0n) is 11.2. The molecule has 1 rings (SSSR count). The molecule has 2 atom stereocenters. The molecule has 0 saturated heterocycles. The van der Waals surface area contributed by atoms with E-state index in [0.29, 0.717) is 5.92 Å². The van der Waals surface area contributed by atoms with E-state index in [1.807, 2.05) is 12.4 Å². The highest BCUT2D eigenvalue weighted by Gasteiger charge is 2.20. The topological polar surface area (TPSA) is 50.9 Å². The van der Waals surface area contributed by atoms with Crippen molar-refractivity contribution in [1.29, 1.82) is 0 Å². The van der Waals surface area contributed by atoms with Gasteiger partial charge in [0.25, 0.3) is 0 Å². The third-order valence-corrected chi connectivity index (χ3v) is 3.36. The van der Waals surface area contributed by atoms with E-state index in [1.165, 1.54) is 30.4 Å². The van der Waals surface area contributed by atoms with Crippen LogP contribution in [0.4, 0.5) is 0 Å². The van der Waals surface area contributed by atoms with Crippen molar-refractivity contribution >= 4 is 0 Å². The smallest absolute Gasteiger partial charge is 0.0503 e. The minimum atomic E-state index is 0.221. The molecule has 1 aromatic rings. The third-order valence-electron chi connectivity index (χ3n) is 3.36. The second-order valence-corrected chi connectivity index (χ2v) is 4.75. The average molecular weight is 235 g/mol. The average Bonchev–Trinajstić information content (AvgIpc) is 2.34. The van der Waals surface area contributed by atoms with E-state index in [-0.39, 0.29) is 6.04 Å². The molecule has 2 unspecified atom stereocenters. The normalized spacial score (nSPS) is 14.6. The Balaban J connectivity index is 2.81. The summed E-state index contributed by atoms with van der Waals surface area (Å²) in [5.41, 5.74) is 5.36. The Morgan fingerprint density at radius 3 is 2.65 bits per heavy atom. The SMILES string of the molecule is CCCCC(CC)C(NN)c1cncc(C)c1. The van der Waals surface area contributed by atoms with Gasteiger partial charge in [0.2, 0.25) is 0 Å². The number of hydrogen-bond acceptors (Lipinski definition) is 3. The lowest BCUT2D eigenvalue weighted by Gasteiger charge is -2.26. The van der Waals surface area contributed by atoms with Gasteiger partial charge in [-0.15, -0.1) is 0 Å². The van der Waals surface area contributed by atoms with Crippen molar-refractivity contribution in [3.8, 4) is 0 Å². The number of pyridine rings is 1. The van der Waals surface area contributed by atoms with Crippen LogP contribution in [0.25, 0.3) is 0 Å². The van der Waals surface area contributed by atoms with E-state index in [2.05, 4.69) is 37.2 Å². The van der Waals surface area contributed by atoms with Crippen LogP contribution in [-0.4, -0.2) is 4.98 Å². The molecule has 0 saturated carbocycles. The van der Waals surface area contributed by atoms with Gasteiger partial charge in [0.1, 0.15) is 0 Å². The fourth-order valence-corrected chi connectivity index (χ4v) is 2.33. The zero-order valence-corrected chi connectivity index (χ0v) is 11.2. The Morgan fingerprint density at radius 1 is 1.35 bits per heavy atom. The maximum absolute atomic E-state index is 5.73. The van der Waals surface area contributed by atoms with E-state index >= 15 is 0 Å². The summed E-state index contributed by atoms with van der Waals surface area (Å²) in [5, 5.41) is 0. The van der Waals surface area contributed by atoms with Crippen LogP contribution in [0.1, 0.15) is 56.7 Å². The summed E-state index contributed by atoms with van der Waals surface area (Å²) in [6.45, 7) is 6.52. The monoisotopic (exact) mass is 235 g/mol. The van der Waals surface area contributed by atoms with Crippen LogP contribution < -0.4 is 11.3 Å². The Morgan fingerprint density at radius 2 is 2.12 bits per heavy atom. The van der Waals surface area contributed by atoms with Gasteiger partial charge >= 0.3 is 0 Å². The first-order valence-corrected chi connectivity index (χ1v) is 6.60. The van der Waals surface area contributed by atoms with Crippen LogP contribution in [0, 0.1) is 12.8 Å². The van der Waals surface area contributed by atoms with Crippen molar-refractivity contribution in [3.05, 3.63) is 29.6 Å². The molecule has 3 heteroatoms. The van der Waals surface area contributed by atoms with Gasteiger partial charge in [-0.3, -0.25) is 16.3 Å². The summed E-state index contributed by atoms with van der Waals surface area (Å²) in [6, 6.07) is 2.39. The number of rotatable bonds is 7. The predicted molar refractivity (Wildman–Crippen MR) is 72.3 cm³/mol. The second kappa shape index (κ2) is 7.41. The first-order chi connectivity index (χ1) is 8.22. The summed E-state index contributed by atoms with van der Waals surface area (Å²) >= 11 is 0. The maximum atomic E-state index is 5.73. The first kappa shape index (κ1) is 14.1. The van der Waals surface area contributed by atoms with Crippen molar-refractivity contribution < 1.29 is 0 Å². The van der Waals surface area contributed by atoms with E-state index < -0.39 is 0 Å². The number of aryl methyl sites for hydroxylation is 1. The van der Waals surface area contributed by atoms with Gasteiger partial charge in [-0.2, -0.15) is 0 Å². The first-order valence-electron chi connectivity index (χ1n) is 6.60. The fraction of sp³-hybridized carbons (Fsp3) is 0.643. The minimum absolute atomic E-state index is 0.221. The molecule has 0 aliphatic heterocycles. The van der Waals surface area contributed by atoms with Crippen molar-refractivity contribution in [2.24, 2.45) is 11.8 Å². The number of unbranched alkanes of at least 4 members (excludes halogenated alkanes) is 1. The fourth-order valence-electron chi connectivity index (χ4n) is 2.33. The van der Waals surface area contributed by atoms with Gasteiger partial charge < -0.3 is 0 Å². The van der Waals surface area contributed by atoms with Gasteiger partial charge in [0.15, 0.2) is 0 Å². The molecule has 0 fully saturated rings. The quantitative estimate of drug-likeness (QED) is 0.564. The molecule has 0 amide bonds. The van der Waals surface area contributed by atoms with E-state index in [4.69, 9.17) is 5.84 Å². The van der Waals surface area contributed by atoms with Gasteiger partial charge in [-0.05, 0) is 30.4 Å². The number of nitrogens with two attached hydrogens (primary N) is 1. The van der Waals surface area contributed by atoms with Gasteiger partial charge in [-0.25, -0.2) is 0 Å². The molecule has 0 bridgehead atoms. The largest absolute Gasteiger partial charge is 0.271 e. The minimum Gasteiger partial charge on any atom is -0.271 e. The Bertz CT molecular complexity index is 325. The highest BCUT2D eigenvalue weighted by atomic mass is 15.2. The molecule has 0 spiro atoms. The van der Waals surface area contributed by atoms with Crippen molar-refractivity contribution in [3.63, 3.8) is 0 Å². The molecular formula is C14H25N3. The molecular weight excluding hydrogens is 210 g/mol. The van der Waals surface area contributed by atoms with Crippen LogP contribution in [0.3, 0.4) is 0 Å². The Hall–Kier alpha value is -0.930. The molecule has 0 radical (unpaired) electrons. The molecule has 17 heavy (non-hydrogen) atoms. The van der Waals surface area contributed by atoms with Crippen LogP contribution in [0.5, 0.6) is 0 Å². The van der Waals surface area contributed by atoms with Crippen LogP contribution >= 0.6 is 0 Å². The summed E-state index contributed by atoms with van der Waals surface area (Å²) in [6.07, 6.45) is 8.66. The molecule has 0 aliphatic rings. The molecule has 1 aromatic heterocycles. The molecule has 96 valence electrons. The zero-order chi connectivity index (χ0) is 12.7. The van der Waals surface area contributed by atoms with Crippen molar-refractivity contribution in [1.82, 2.24) is 10.4 Å². The molecule has 0 aromatic carbocycles. The molecule has 3 nitrogen and oxygen atoms in total. The van der Waals surface area contributed by atoms with Crippen molar-refractivity contribution in [2.75, 3.05) is 0 Å². The maximum Gasteiger partial charge on any atom is 0.0503 e. The standard InChI is InChI=1S/C14H25N3/c1-4-6-7-12(5-2)14(17-15)13-8-11(3)9-16-10-13/h8-10,12,14,17H,4-7,15H2,1-3H3. The third kappa shape index (κ3) is 4.10. The van der Waals surface area contributed by atoms with Crippen LogP contribution in [-0.2, 0) is 0 Å². The molecule has 0 aliphatic carbocycles. The summed E-state index contributed by atoms with van der Waals surface area (Å²) in [5.74, 6) is 6.31. The van der Waals surface area contributed by atoms with Crippen LogP contribution in [0.2, 0.25) is 0 Å². The van der Waals surface area contributed by atoms with Gasteiger partial charge in [0, 0.05) is 12.4 Å². The van der Waals surface area contributed by atoms with Crippen LogP contribution in [0.15, 0.2) is 18.5 Å². The summed E-state index contributed by atoms with van der Waals surface area (Å²) in [7, 11) is 0. The second-order valence-electron chi connectivity index (χ2n) is 4.75. The number of nitrogens with one attached hydrogen (secondary N) is 1. The number of nitrogens with zero attached hydrogens (tertiary/aromatic N) is 1. The highest BCUT2D eigenvalue weighted by molar-refractivity contribution is 5.20. The van der Waals surface area contributed by atoms with Crippen molar-refractivity contribution in [2.45, 2.75) is 52.5 Å². The number of hydrogen-bond donors (Lipinski definition) is 2. The summed E-state index contributed by atoms with van der Waals surface area (Å²) < 4.78 is 0. The van der Waals surface area contributed by atoms with Gasteiger partial charge in [-0.1, -0.05) is 39.2 Å².